The molecule has 2 amide bonds. The van der Waals surface area contributed by atoms with Gasteiger partial charge in [0.15, 0.2) is 0 Å². The molecule has 8 nitrogen and oxygen atoms in total. The van der Waals surface area contributed by atoms with E-state index in [1.54, 1.807) is 48.5 Å². The molecular formula is C35H38FN3O5S. The van der Waals surface area contributed by atoms with Gasteiger partial charge in [0.25, 0.3) is 10.0 Å². The number of carbonyl (C=O) groups excluding carboxylic acids is 2. The Hall–Kier alpha value is -4.70. The van der Waals surface area contributed by atoms with Gasteiger partial charge in [0.05, 0.1) is 17.7 Å². The van der Waals surface area contributed by atoms with Crippen molar-refractivity contribution < 1.29 is 27.1 Å². The smallest absolute Gasteiger partial charge is 0.264 e. The summed E-state index contributed by atoms with van der Waals surface area (Å²) in [5.41, 5.74) is 1.25. The lowest BCUT2D eigenvalue weighted by Gasteiger charge is -2.34. The zero-order valence-electron chi connectivity index (χ0n) is 25.6. The first-order valence-corrected chi connectivity index (χ1v) is 16.2. The van der Waals surface area contributed by atoms with Crippen molar-refractivity contribution in [2.45, 2.75) is 50.2 Å². The second kappa shape index (κ2) is 15.3. The van der Waals surface area contributed by atoms with Crippen LogP contribution in [0, 0.1) is 5.82 Å². The molecule has 0 aromatic heterocycles. The first-order valence-electron chi connectivity index (χ1n) is 14.7. The van der Waals surface area contributed by atoms with Gasteiger partial charge in [0, 0.05) is 24.6 Å². The summed E-state index contributed by atoms with van der Waals surface area (Å²) in [6, 6.07) is 28.1. The van der Waals surface area contributed by atoms with Gasteiger partial charge in [-0.1, -0.05) is 73.7 Å². The van der Waals surface area contributed by atoms with Crippen molar-refractivity contribution in [3.63, 3.8) is 0 Å². The molecule has 236 valence electrons. The van der Waals surface area contributed by atoms with E-state index in [9.17, 15) is 18.0 Å². The highest BCUT2D eigenvalue weighted by Gasteiger charge is 2.35. The lowest BCUT2D eigenvalue weighted by Crippen LogP contribution is -2.54. The third-order valence-corrected chi connectivity index (χ3v) is 9.33. The highest BCUT2D eigenvalue weighted by atomic mass is 32.2. The fourth-order valence-electron chi connectivity index (χ4n) is 4.80. The third kappa shape index (κ3) is 8.48. The van der Waals surface area contributed by atoms with Crippen LogP contribution in [0.3, 0.4) is 0 Å². The first kappa shape index (κ1) is 33.2. The van der Waals surface area contributed by atoms with Crippen LogP contribution in [-0.2, 0) is 32.6 Å². The van der Waals surface area contributed by atoms with Gasteiger partial charge in [-0.25, -0.2) is 12.8 Å². The molecule has 4 rings (SSSR count). The van der Waals surface area contributed by atoms with Crippen molar-refractivity contribution in [2.75, 3.05) is 18.0 Å². The van der Waals surface area contributed by atoms with Crippen molar-refractivity contribution >= 4 is 27.5 Å². The predicted octanol–water partition coefficient (Wildman–Crippen LogP) is 5.58. The Balaban J connectivity index is 1.79. The Kier molecular flexibility index (Phi) is 11.3. The number of amides is 2. The number of nitrogens with one attached hydrogen (secondary N) is 1. The normalized spacial score (nSPS) is 12.5. The van der Waals surface area contributed by atoms with Crippen molar-refractivity contribution in [1.29, 1.82) is 0 Å². The molecule has 4 aromatic rings. The molecule has 0 fully saturated rings. The number of halogens is 1. The summed E-state index contributed by atoms with van der Waals surface area (Å²) < 4.78 is 49.3. The Morgan fingerprint density at radius 2 is 1.47 bits per heavy atom. The van der Waals surface area contributed by atoms with Crippen LogP contribution in [0.25, 0.3) is 0 Å². The number of hydrogen-bond acceptors (Lipinski definition) is 5. The summed E-state index contributed by atoms with van der Waals surface area (Å²) in [4.78, 5) is 29.5. The van der Waals surface area contributed by atoms with E-state index in [4.69, 9.17) is 4.74 Å². The third-order valence-electron chi connectivity index (χ3n) is 7.54. The fourth-order valence-corrected chi connectivity index (χ4v) is 6.22. The van der Waals surface area contributed by atoms with E-state index in [1.807, 2.05) is 44.2 Å². The maximum Gasteiger partial charge on any atom is 0.264 e. The minimum absolute atomic E-state index is 0.0454. The highest BCUT2D eigenvalue weighted by Crippen LogP contribution is 2.26. The number of methoxy groups -OCH3 is 1. The molecular weight excluding hydrogens is 593 g/mol. The molecule has 0 aliphatic heterocycles. The van der Waals surface area contributed by atoms with Gasteiger partial charge in [0.1, 0.15) is 24.2 Å². The van der Waals surface area contributed by atoms with Crippen molar-refractivity contribution in [2.24, 2.45) is 0 Å². The minimum atomic E-state index is -4.26. The van der Waals surface area contributed by atoms with Crippen LogP contribution in [0.5, 0.6) is 5.75 Å². The number of benzene rings is 4. The predicted molar refractivity (Wildman–Crippen MR) is 173 cm³/mol. The van der Waals surface area contributed by atoms with Crippen LogP contribution in [-0.4, -0.2) is 50.9 Å². The summed E-state index contributed by atoms with van der Waals surface area (Å²) in [5, 5.41) is 2.97. The van der Waals surface area contributed by atoms with Gasteiger partial charge >= 0.3 is 0 Å². The standard InChI is InChI=1S/C35H38FN3O5S/c1-4-26(2)37-35(41)33(23-27-13-7-5-8-14-27)38(24-28-15-11-12-18-32(28)36)34(40)25-39(29-16-9-6-10-17-29)45(42,43)31-21-19-30(44-3)20-22-31/h5-22,26,33H,4,23-25H2,1-3H3,(H,37,41)/t26-,33-/m0/s1. The van der Waals surface area contributed by atoms with Crippen molar-refractivity contribution in [3.8, 4) is 5.75 Å². The first-order chi connectivity index (χ1) is 21.6. The minimum Gasteiger partial charge on any atom is -0.497 e. The number of para-hydroxylation sites is 1. The molecule has 10 heteroatoms. The SMILES string of the molecule is CC[C@H](C)NC(=O)[C@H](Cc1ccccc1)N(Cc1ccccc1F)C(=O)CN(c1ccccc1)S(=O)(=O)c1ccc(OC)cc1. The summed E-state index contributed by atoms with van der Waals surface area (Å²) in [5.74, 6) is -1.15. The molecule has 0 radical (unpaired) electrons. The van der Waals surface area contributed by atoms with Crippen LogP contribution in [0.15, 0.2) is 114 Å². The van der Waals surface area contributed by atoms with E-state index in [-0.39, 0.29) is 35.2 Å². The maximum atomic E-state index is 15.0. The summed E-state index contributed by atoms with van der Waals surface area (Å²) in [6.45, 7) is 2.91. The number of sulfonamides is 1. The molecule has 0 heterocycles. The number of anilines is 1. The number of rotatable bonds is 14. The number of hydrogen-bond donors (Lipinski definition) is 1. The molecule has 0 bridgehead atoms. The van der Waals surface area contributed by atoms with Crippen LogP contribution in [0.1, 0.15) is 31.4 Å². The zero-order chi connectivity index (χ0) is 32.4. The fraction of sp³-hybridized carbons (Fsp3) is 0.257. The van der Waals surface area contributed by atoms with Gasteiger partial charge in [0.2, 0.25) is 11.8 Å². The largest absolute Gasteiger partial charge is 0.497 e. The van der Waals surface area contributed by atoms with Gasteiger partial charge in [-0.05, 0) is 61.4 Å². The van der Waals surface area contributed by atoms with Crippen LogP contribution < -0.4 is 14.4 Å². The van der Waals surface area contributed by atoms with Crippen molar-refractivity contribution in [1.82, 2.24) is 10.2 Å². The Morgan fingerprint density at radius 3 is 2.07 bits per heavy atom. The Bertz CT molecular complexity index is 1670. The average molecular weight is 632 g/mol. The summed E-state index contributed by atoms with van der Waals surface area (Å²) in [6.07, 6.45) is 0.798. The quantitative estimate of drug-likeness (QED) is 0.196. The molecule has 0 spiro atoms. The van der Waals surface area contributed by atoms with E-state index in [0.29, 0.717) is 12.2 Å². The second-order valence-corrected chi connectivity index (χ2v) is 12.5. The Morgan fingerprint density at radius 1 is 0.867 bits per heavy atom. The number of ether oxygens (including phenoxy) is 1. The summed E-state index contributed by atoms with van der Waals surface area (Å²) >= 11 is 0. The molecule has 0 unspecified atom stereocenters. The van der Waals surface area contributed by atoms with E-state index >= 15 is 4.39 Å². The van der Waals surface area contributed by atoms with Crippen LogP contribution in [0.2, 0.25) is 0 Å². The second-order valence-electron chi connectivity index (χ2n) is 10.7. The Labute approximate surface area is 264 Å². The highest BCUT2D eigenvalue weighted by molar-refractivity contribution is 7.92. The van der Waals surface area contributed by atoms with Crippen LogP contribution >= 0.6 is 0 Å². The van der Waals surface area contributed by atoms with Gasteiger partial charge in [-0.3, -0.25) is 13.9 Å². The molecule has 0 aliphatic carbocycles. The number of nitrogens with zero attached hydrogens (tertiary/aromatic N) is 2. The molecule has 1 N–H and O–H groups in total. The van der Waals surface area contributed by atoms with E-state index in [1.165, 1.54) is 42.3 Å². The lowest BCUT2D eigenvalue weighted by molar-refractivity contribution is -0.140. The zero-order valence-corrected chi connectivity index (χ0v) is 26.4. The molecule has 0 saturated heterocycles. The van der Waals surface area contributed by atoms with Crippen LogP contribution in [0.4, 0.5) is 10.1 Å². The molecule has 0 saturated carbocycles. The molecule has 45 heavy (non-hydrogen) atoms. The monoisotopic (exact) mass is 631 g/mol. The lowest BCUT2D eigenvalue weighted by atomic mass is 10.0. The topological polar surface area (TPSA) is 96.0 Å². The molecule has 2 atom stereocenters. The number of carbonyl (C=O) groups is 2. The molecule has 4 aromatic carbocycles. The average Bonchev–Trinajstić information content (AvgIpc) is 3.06. The van der Waals surface area contributed by atoms with Gasteiger partial charge < -0.3 is 15.0 Å². The van der Waals surface area contributed by atoms with E-state index < -0.39 is 40.2 Å². The van der Waals surface area contributed by atoms with E-state index in [2.05, 4.69) is 5.32 Å². The maximum absolute atomic E-state index is 15.0. The van der Waals surface area contributed by atoms with Gasteiger partial charge in [-0.2, -0.15) is 0 Å². The van der Waals surface area contributed by atoms with Gasteiger partial charge in [-0.15, -0.1) is 0 Å². The van der Waals surface area contributed by atoms with Crippen molar-refractivity contribution in [3.05, 3.63) is 126 Å². The summed E-state index contributed by atoms with van der Waals surface area (Å²) in [7, 11) is -2.78. The molecule has 0 aliphatic rings. The van der Waals surface area contributed by atoms with E-state index in [0.717, 1.165) is 9.87 Å².